The Morgan fingerprint density at radius 2 is 1.32 bits per heavy atom. The minimum atomic E-state index is -0.784. The summed E-state index contributed by atoms with van der Waals surface area (Å²) >= 11 is 0. The van der Waals surface area contributed by atoms with E-state index in [1.54, 1.807) is 24.3 Å². The fourth-order valence-corrected chi connectivity index (χ4v) is 3.99. The van der Waals surface area contributed by atoms with Crippen molar-refractivity contribution in [2.75, 3.05) is 18.1 Å². The van der Waals surface area contributed by atoms with E-state index in [1.165, 1.54) is 42.5 Å². The molecule has 8 nitrogen and oxygen atoms in total. The van der Waals surface area contributed by atoms with E-state index in [2.05, 4.69) is 6.92 Å². The summed E-state index contributed by atoms with van der Waals surface area (Å²) in [6.45, 7) is 3.84. The number of fused-ring (bicyclic) bond motifs is 1. The molecule has 0 aromatic heterocycles. The molecular formula is C30H27NO7. The van der Waals surface area contributed by atoms with Crippen LogP contribution in [0.3, 0.4) is 0 Å². The highest BCUT2D eigenvalue weighted by Gasteiger charge is 2.37. The van der Waals surface area contributed by atoms with E-state index < -0.39 is 30.4 Å². The Balaban J connectivity index is 1.42. The summed E-state index contributed by atoms with van der Waals surface area (Å²) in [5.74, 6) is -2.77. The van der Waals surface area contributed by atoms with Gasteiger partial charge in [0.2, 0.25) is 0 Å². The summed E-state index contributed by atoms with van der Waals surface area (Å²) in [5, 5.41) is 0. The molecule has 38 heavy (non-hydrogen) atoms. The molecule has 2 amide bonds. The van der Waals surface area contributed by atoms with Crippen LogP contribution >= 0.6 is 0 Å². The monoisotopic (exact) mass is 513 g/mol. The maximum atomic E-state index is 13.1. The number of imide groups is 1. The zero-order valence-electron chi connectivity index (χ0n) is 21.2. The normalized spacial score (nSPS) is 12.3. The van der Waals surface area contributed by atoms with Gasteiger partial charge in [0.15, 0.2) is 12.4 Å². The Hall–Kier alpha value is -4.59. The van der Waals surface area contributed by atoms with Crippen LogP contribution in [0.4, 0.5) is 5.69 Å². The summed E-state index contributed by atoms with van der Waals surface area (Å²) in [7, 11) is 0. The minimum Gasteiger partial charge on any atom is -0.462 e. The number of carbonyl (C=O) groups excluding carboxylic acids is 5. The molecule has 0 radical (unpaired) electrons. The zero-order chi connectivity index (χ0) is 27.2. The number of Topliss-reactive ketones (excluding diaryl/α,β-unsaturated/α-hetero) is 1. The van der Waals surface area contributed by atoms with Crippen LogP contribution in [0, 0.1) is 6.92 Å². The molecule has 0 saturated heterocycles. The summed E-state index contributed by atoms with van der Waals surface area (Å²) < 4.78 is 10.4. The molecule has 3 aromatic carbocycles. The quantitative estimate of drug-likeness (QED) is 0.159. The van der Waals surface area contributed by atoms with Gasteiger partial charge in [-0.1, -0.05) is 49.6 Å². The molecule has 0 aliphatic carbocycles. The fourth-order valence-electron chi connectivity index (χ4n) is 3.99. The first-order valence-corrected chi connectivity index (χ1v) is 12.4. The van der Waals surface area contributed by atoms with Crippen molar-refractivity contribution in [3.63, 3.8) is 0 Å². The Kier molecular flexibility index (Phi) is 8.11. The number of aryl methyl sites for hydroxylation is 1. The highest BCUT2D eigenvalue weighted by Crippen LogP contribution is 2.29. The maximum absolute atomic E-state index is 13.1. The van der Waals surface area contributed by atoms with E-state index in [4.69, 9.17) is 9.47 Å². The van der Waals surface area contributed by atoms with Crippen LogP contribution in [-0.2, 0) is 9.47 Å². The molecule has 0 bridgehead atoms. The van der Waals surface area contributed by atoms with Gasteiger partial charge in [0.1, 0.15) is 0 Å². The van der Waals surface area contributed by atoms with Crippen molar-refractivity contribution in [2.45, 2.75) is 33.1 Å². The van der Waals surface area contributed by atoms with Crippen molar-refractivity contribution in [1.82, 2.24) is 0 Å². The van der Waals surface area contributed by atoms with Crippen molar-refractivity contribution in [1.29, 1.82) is 0 Å². The number of esters is 2. The molecule has 0 fully saturated rings. The molecule has 4 rings (SSSR count). The number of nitrogens with zero attached hydrogens (tertiary/aromatic N) is 1. The van der Waals surface area contributed by atoms with Crippen molar-refractivity contribution < 1.29 is 33.4 Å². The first-order chi connectivity index (χ1) is 18.3. The Morgan fingerprint density at radius 3 is 2.00 bits per heavy atom. The second kappa shape index (κ2) is 11.6. The van der Waals surface area contributed by atoms with Gasteiger partial charge < -0.3 is 9.47 Å². The Morgan fingerprint density at radius 1 is 0.711 bits per heavy atom. The number of rotatable bonds is 10. The van der Waals surface area contributed by atoms with Gasteiger partial charge in [0, 0.05) is 5.56 Å². The van der Waals surface area contributed by atoms with E-state index >= 15 is 0 Å². The van der Waals surface area contributed by atoms with Crippen LogP contribution < -0.4 is 4.90 Å². The number of carbonyl (C=O) groups is 5. The first-order valence-electron chi connectivity index (χ1n) is 12.4. The first kappa shape index (κ1) is 26.5. The lowest BCUT2D eigenvalue weighted by atomic mass is 10.1. The van der Waals surface area contributed by atoms with E-state index in [0.717, 1.165) is 29.7 Å². The van der Waals surface area contributed by atoms with Crippen molar-refractivity contribution >= 4 is 35.2 Å². The number of benzene rings is 3. The lowest BCUT2D eigenvalue weighted by Crippen LogP contribution is -2.29. The van der Waals surface area contributed by atoms with Crippen LogP contribution in [0.5, 0.6) is 0 Å². The Labute approximate surface area is 220 Å². The molecule has 3 aromatic rings. The molecule has 0 saturated carbocycles. The number of anilines is 1. The van der Waals surface area contributed by atoms with Gasteiger partial charge in [-0.2, -0.15) is 0 Å². The average Bonchev–Trinajstić information content (AvgIpc) is 3.18. The number of ether oxygens (including phenoxy) is 2. The van der Waals surface area contributed by atoms with Crippen molar-refractivity contribution in [3.8, 4) is 0 Å². The number of hydrogen-bond acceptors (Lipinski definition) is 7. The Bertz CT molecular complexity index is 1390. The molecule has 0 unspecified atom stereocenters. The third-order valence-electron chi connectivity index (χ3n) is 6.17. The predicted molar refractivity (Wildman–Crippen MR) is 140 cm³/mol. The molecule has 1 aliphatic heterocycles. The number of amides is 2. The molecule has 194 valence electrons. The highest BCUT2D eigenvalue weighted by atomic mass is 16.5. The van der Waals surface area contributed by atoms with Gasteiger partial charge in [0.05, 0.1) is 34.5 Å². The molecule has 1 aliphatic rings. The third kappa shape index (κ3) is 5.70. The van der Waals surface area contributed by atoms with Crippen LogP contribution in [0.15, 0.2) is 66.7 Å². The van der Waals surface area contributed by atoms with E-state index in [0.29, 0.717) is 17.7 Å². The van der Waals surface area contributed by atoms with E-state index in [9.17, 15) is 24.0 Å². The SMILES string of the molecule is CCCCCOC(=O)c1ccc(N2C(=O)c3ccc(C(=O)OCC(=O)c4ccc(C)cc4)cc3C2=O)cc1. The van der Waals surface area contributed by atoms with E-state index in [1.807, 2.05) is 6.92 Å². The zero-order valence-corrected chi connectivity index (χ0v) is 21.2. The van der Waals surface area contributed by atoms with Gasteiger partial charge >= 0.3 is 11.9 Å². The molecule has 8 heteroatoms. The molecule has 1 heterocycles. The second-order valence-corrected chi connectivity index (χ2v) is 8.96. The molecule has 0 N–H and O–H groups in total. The maximum Gasteiger partial charge on any atom is 0.338 e. The largest absolute Gasteiger partial charge is 0.462 e. The summed E-state index contributed by atoms with van der Waals surface area (Å²) in [4.78, 5) is 64.1. The van der Waals surface area contributed by atoms with Crippen molar-refractivity contribution in [3.05, 3.63) is 100 Å². The fraction of sp³-hybridized carbons (Fsp3) is 0.233. The minimum absolute atomic E-state index is 0.0459. The third-order valence-corrected chi connectivity index (χ3v) is 6.17. The summed E-state index contributed by atoms with van der Waals surface area (Å²) in [6.07, 6.45) is 2.77. The van der Waals surface area contributed by atoms with Gasteiger partial charge in [-0.15, -0.1) is 0 Å². The molecule has 0 spiro atoms. The number of ketones is 1. The number of hydrogen-bond donors (Lipinski definition) is 0. The predicted octanol–water partition coefficient (Wildman–Crippen LogP) is 5.18. The lowest BCUT2D eigenvalue weighted by Gasteiger charge is -2.14. The molecule has 0 atom stereocenters. The van der Waals surface area contributed by atoms with Crippen molar-refractivity contribution in [2.24, 2.45) is 0 Å². The average molecular weight is 514 g/mol. The van der Waals surface area contributed by atoms with Gasteiger partial charge in [-0.05, 0) is 55.8 Å². The summed E-state index contributed by atoms with van der Waals surface area (Å²) in [6, 6.07) is 16.9. The van der Waals surface area contributed by atoms with Crippen LogP contribution in [-0.4, -0.2) is 42.7 Å². The topological polar surface area (TPSA) is 107 Å². The van der Waals surface area contributed by atoms with Gasteiger partial charge in [0.25, 0.3) is 11.8 Å². The van der Waals surface area contributed by atoms with E-state index in [-0.39, 0.29) is 28.2 Å². The van der Waals surface area contributed by atoms with Gasteiger partial charge in [-0.25, -0.2) is 14.5 Å². The second-order valence-electron chi connectivity index (χ2n) is 8.96. The van der Waals surface area contributed by atoms with Crippen LogP contribution in [0.25, 0.3) is 0 Å². The standard InChI is InChI=1S/C30H27NO7/c1-3-4-5-16-37-29(35)21-10-13-23(14-11-21)31-27(33)24-15-12-22(17-25(24)28(31)34)30(36)38-18-26(32)20-8-6-19(2)7-9-20/h6-15,17H,3-5,16,18H2,1-2H3. The van der Waals surface area contributed by atoms with Crippen LogP contribution in [0.1, 0.15) is 83.5 Å². The summed E-state index contributed by atoms with van der Waals surface area (Å²) in [5.41, 5.74) is 2.25. The lowest BCUT2D eigenvalue weighted by molar-refractivity contribution is 0.0473. The number of unbranched alkanes of at least 4 members (excludes halogenated alkanes) is 2. The smallest absolute Gasteiger partial charge is 0.338 e. The van der Waals surface area contributed by atoms with Crippen LogP contribution in [0.2, 0.25) is 0 Å². The molecular weight excluding hydrogens is 486 g/mol. The van der Waals surface area contributed by atoms with Gasteiger partial charge in [-0.3, -0.25) is 14.4 Å². The highest BCUT2D eigenvalue weighted by molar-refractivity contribution is 6.34.